The molecule has 0 fully saturated rings. The van der Waals surface area contributed by atoms with E-state index < -0.39 is 0 Å². The maximum Gasteiger partial charge on any atom is 0.264 e. The Balaban J connectivity index is 2.44. The van der Waals surface area contributed by atoms with Crippen LogP contribution in [-0.2, 0) is 7.05 Å². The molecule has 19 heavy (non-hydrogen) atoms. The van der Waals surface area contributed by atoms with Gasteiger partial charge in [0.15, 0.2) is 0 Å². The molecule has 3 rings (SSSR count). The standard InChI is InChI=1S/C13H9N3O2S/c1-16-9-5-3-2-4-7(9)11(17)10(12(16)18)8-6-14-13(19)15-8/h2-6,17H,1H3. The Bertz CT molecular complexity index is 834. The second-order valence-corrected chi connectivity index (χ2v) is 4.51. The molecule has 1 aliphatic heterocycles. The molecule has 6 heteroatoms. The molecule has 0 spiro atoms. The molecule has 0 saturated carbocycles. The molecule has 94 valence electrons. The molecule has 0 aliphatic carbocycles. The average molecular weight is 271 g/mol. The van der Waals surface area contributed by atoms with Gasteiger partial charge in [-0.15, -0.1) is 0 Å². The predicted octanol–water partition coefficient (Wildman–Crippen LogP) is 1.40. The fourth-order valence-electron chi connectivity index (χ4n) is 2.11. The summed E-state index contributed by atoms with van der Waals surface area (Å²) < 4.78 is 1.47. The highest BCUT2D eigenvalue weighted by Crippen LogP contribution is 2.26. The smallest absolute Gasteiger partial charge is 0.264 e. The van der Waals surface area contributed by atoms with E-state index in [9.17, 15) is 9.90 Å². The monoisotopic (exact) mass is 271 g/mol. The maximum absolute atomic E-state index is 12.3. The van der Waals surface area contributed by atoms with E-state index >= 15 is 0 Å². The van der Waals surface area contributed by atoms with Crippen molar-refractivity contribution in [2.24, 2.45) is 17.0 Å². The van der Waals surface area contributed by atoms with Crippen LogP contribution in [0.15, 0.2) is 39.0 Å². The Morgan fingerprint density at radius 3 is 2.74 bits per heavy atom. The Labute approximate surface area is 113 Å². The average Bonchev–Trinajstić information content (AvgIpc) is 2.83. The molecule has 0 amide bonds. The summed E-state index contributed by atoms with van der Waals surface area (Å²) in [5.41, 5.74) is 0.761. The molecule has 0 saturated heterocycles. The third-order valence-electron chi connectivity index (χ3n) is 3.05. The lowest BCUT2D eigenvalue weighted by Gasteiger charge is -2.10. The summed E-state index contributed by atoms with van der Waals surface area (Å²) in [7, 11) is 1.65. The van der Waals surface area contributed by atoms with Gasteiger partial charge in [-0.25, -0.2) is 9.98 Å². The van der Waals surface area contributed by atoms with Crippen LogP contribution in [0.5, 0.6) is 5.75 Å². The molecule has 1 aliphatic rings. The van der Waals surface area contributed by atoms with Crippen molar-refractivity contribution < 1.29 is 5.11 Å². The van der Waals surface area contributed by atoms with Crippen molar-refractivity contribution in [3.63, 3.8) is 0 Å². The first-order chi connectivity index (χ1) is 9.09. The molecule has 2 aromatic rings. The van der Waals surface area contributed by atoms with Crippen LogP contribution in [0.2, 0.25) is 0 Å². The first-order valence-corrected chi connectivity index (χ1v) is 5.98. The van der Waals surface area contributed by atoms with Crippen LogP contribution >= 0.6 is 12.2 Å². The summed E-state index contributed by atoms with van der Waals surface area (Å²) in [6, 6.07) is 7.13. The Morgan fingerprint density at radius 2 is 2.05 bits per heavy atom. The number of pyridine rings is 1. The third-order valence-corrected chi connectivity index (χ3v) is 3.24. The van der Waals surface area contributed by atoms with Crippen LogP contribution in [0.25, 0.3) is 10.9 Å². The summed E-state index contributed by atoms with van der Waals surface area (Å²) in [6.45, 7) is 0. The quantitative estimate of drug-likeness (QED) is 0.797. The highest BCUT2D eigenvalue weighted by molar-refractivity contribution is 7.80. The van der Waals surface area contributed by atoms with Crippen molar-refractivity contribution >= 4 is 40.2 Å². The molecule has 0 radical (unpaired) electrons. The van der Waals surface area contributed by atoms with Crippen LogP contribution < -0.4 is 5.56 Å². The number of aromatic hydroxyl groups is 1. The second-order valence-electron chi connectivity index (χ2n) is 4.14. The lowest BCUT2D eigenvalue weighted by Crippen LogP contribution is -2.25. The number of hydrogen-bond acceptors (Lipinski definition) is 3. The number of aryl methyl sites for hydroxylation is 1. The van der Waals surface area contributed by atoms with E-state index in [1.54, 1.807) is 25.2 Å². The van der Waals surface area contributed by atoms with E-state index in [2.05, 4.69) is 9.98 Å². The van der Waals surface area contributed by atoms with Gasteiger partial charge in [-0.3, -0.25) is 4.79 Å². The van der Waals surface area contributed by atoms with Crippen molar-refractivity contribution in [1.29, 1.82) is 0 Å². The van der Waals surface area contributed by atoms with Crippen molar-refractivity contribution in [1.82, 2.24) is 4.57 Å². The second kappa shape index (κ2) is 4.10. The normalized spacial score (nSPS) is 14.2. The number of aromatic nitrogens is 1. The molecule has 5 nitrogen and oxygen atoms in total. The Morgan fingerprint density at radius 1 is 1.32 bits per heavy atom. The summed E-state index contributed by atoms with van der Waals surface area (Å²) >= 11 is 4.84. The molecule has 1 N–H and O–H groups in total. The van der Waals surface area contributed by atoms with Crippen LogP contribution in [0.3, 0.4) is 0 Å². The number of rotatable bonds is 1. The van der Waals surface area contributed by atoms with Crippen molar-refractivity contribution in [3.8, 4) is 5.75 Å². The zero-order valence-electron chi connectivity index (χ0n) is 9.99. The molecule has 1 aromatic carbocycles. The van der Waals surface area contributed by atoms with Gasteiger partial charge in [0.05, 0.1) is 11.7 Å². The third kappa shape index (κ3) is 1.68. The van der Waals surface area contributed by atoms with Crippen LogP contribution in [-0.4, -0.2) is 26.7 Å². The van der Waals surface area contributed by atoms with Gasteiger partial charge in [-0.2, -0.15) is 0 Å². The van der Waals surface area contributed by atoms with Crippen molar-refractivity contribution in [2.45, 2.75) is 0 Å². The fourth-order valence-corrected chi connectivity index (χ4v) is 2.26. The molecule has 0 bridgehead atoms. The lowest BCUT2D eigenvalue weighted by molar-refractivity contribution is 0.478. The molecule has 0 atom stereocenters. The van der Waals surface area contributed by atoms with Crippen molar-refractivity contribution in [2.75, 3.05) is 0 Å². The zero-order valence-corrected chi connectivity index (χ0v) is 10.8. The highest BCUT2D eigenvalue weighted by atomic mass is 32.1. The number of hydrogen-bond donors (Lipinski definition) is 1. The van der Waals surface area contributed by atoms with E-state index in [0.29, 0.717) is 16.6 Å². The fraction of sp³-hybridized carbons (Fsp3) is 0.0769. The number of fused-ring (bicyclic) bond motifs is 1. The highest BCUT2D eigenvalue weighted by Gasteiger charge is 2.20. The van der Waals surface area contributed by atoms with E-state index in [-0.39, 0.29) is 22.0 Å². The van der Waals surface area contributed by atoms with Crippen LogP contribution in [0.4, 0.5) is 0 Å². The number of benzene rings is 1. The van der Waals surface area contributed by atoms with Gasteiger partial charge in [0.2, 0.25) is 5.11 Å². The van der Waals surface area contributed by atoms with Gasteiger partial charge < -0.3 is 9.67 Å². The molecular formula is C13H9N3O2S. The number of aliphatic imine (C=N–C) groups is 2. The van der Waals surface area contributed by atoms with Gasteiger partial charge in [-0.05, 0) is 24.4 Å². The Kier molecular flexibility index (Phi) is 2.53. The largest absolute Gasteiger partial charge is 0.506 e. The predicted molar refractivity (Wildman–Crippen MR) is 78.5 cm³/mol. The molecular weight excluding hydrogens is 262 g/mol. The maximum atomic E-state index is 12.3. The lowest BCUT2D eigenvalue weighted by atomic mass is 10.1. The molecule has 0 unspecified atom stereocenters. The summed E-state index contributed by atoms with van der Waals surface area (Å²) in [4.78, 5) is 20.1. The topological polar surface area (TPSA) is 67.0 Å². The van der Waals surface area contributed by atoms with E-state index in [4.69, 9.17) is 12.2 Å². The Hall–Kier alpha value is -2.34. The first-order valence-electron chi connectivity index (χ1n) is 5.57. The van der Waals surface area contributed by atoms with Gasteiger partial charge in [0.1, 0.15) is 17.0 Å². The molecule has 1 aromatic heterocycles. The summed E-state index contributed by atoms with van der Waals surface area (Å²) in [5, 5.41) is 11.1. The summed E-state index contributed by atoms with van der Waals surface area (Å²) in [6.07, 6.45) is 1.40. The summed E-state index contributed by atoms with van der Waals surface area (Å²) in [5.74, 6) is -0.0893. The first kappa shape index (κ1) is 11.7. The number of nitrogens with zero attached hydrogens (tertiary/aromatic N) is 3. The van der Waals surface area contributed by atoms with Crippen molar-refractivity contribution in [3.05, 3.63) is 40.2 Å². The van der Waals surface area contributed by atoms with Crippen LogP contribution in [0.1, 0.15) is 5.56 Å². The van der Waals surface area contributed by atoms with E-state index in [1.807, 2.05) is 6.07 Å². The van der Waals surface area contributed by atoms with Gasteiger partial charge in [0, 0.05) is 12.4 Å². The van der Waals surface area contributed by atoms with E-state index in [0.717, 1.165) is 0 Å². The van der Waals surface area contributed by atoms with E-state index in [1.165, 1.54) is 10.8 Å². The zero-order chi connectivity index (χ0) is 13.6. The van der Waals surface area contributed by atoms with Gasteiger partial charge in [-0.1, -0.05) is 12.1 Å². The number of para-hydroxylation sites is 1. The van der Waals surface area contributed by atoms with Gasteiger partial charge >= 0.3 is 0 Å². The minimum Gasteiger partial charge on any atom is -0.506 e. The van der Waals surface area contributed by atoms with Crippen LogP contribution in [0, 0.1) is 0 Å². The minimum absolute atomic E-state index is 0.0893. The van der Waals surface area contributed by atoms with Gasteiger partial charge in [0.25, 0.3) is 5.56 Å². The number of thiocarbonyl (C=S) groups is 1. The minimum atomic E-state index is -0.328. The SMILES string of the molecule is Cn1c(=O)c(C2=NC(=S)N=C2)c(O)c2ccccc21. The molecule has 2 heterocycles.